The quantitative estimate of drug-likeness (QED) is 0.791. The van der Waals surface area contributed by atoms with Crippen molar-refractivity contribution in [1.29, 1.82) is 0 Å². The normalized spacial score (nSPS) is 14.0. The Balaban J connectivity index is 1.64. The number of hydrogen-bond donors (Lipinski definition) is 0. The highest BCUT2D eigenvalue weighted by Crippen LogP contribution is 2.23. The lowest BCUT2D eigenvalue weighted by Crippen LogP contribution is -2.09. The lowest BCUT2D eigenvalue weighted by atomic mass is 10.0. The first-order valence-electron chi connectivity index (χ1n) is 7.57. The fraction of sp³-hybridized carbons (Fsp3) is 0.278. The lowest BCUT2D eigenvalue weighted by Gasteiger charge is -2.07. The second-order valence-electron chi connectivity index (χ2n) is 5.75. The molecule has 1 aliphatic rings. The van der Waals surface area contributed by atoms with E-state index in [9.17, 15) is 13.2 Å². The van der Waals surface area contributed by atoms with Crippen LogP contribution in [0.5, 0.6) is 0 Å². The number of aryl methyl sites for hydroxylation is 2. The molecule has 0 heterocycles. The van der Waals surface area contributed by atoms with Crippen molar-refractivity contribution < 1.29 is 17.4 Å². The van der Waals surface area contributed by atoms with Gasteiger partial charge < -0.3 is 0 Å². The third kappa shape index (κ3) is 3.51. The molecule has 0 amide bonds. The molecule has 120 valence electrons. The molecule has 2 aromatic rings. The average Bonchev–Trinajstić information content (AvgIpc) is 2.89. The molecule has 0 atom stereocenters. The summed E-state index contributed by atoms with van der Waals surface area (Å²) in [6, 6.07) is 12.3. The van der Waals surface area contributed by atoms with Crippen LogP contribution in [0.1, 0.15) is 33.5 Å². The number of benzene rings is 2. The molecule has 2 aromatic carbocycles. The van der Waals surface area contributed by atoms with Crippen molar-refractivity contribution in [3.63, 3.8) is 0 Å². The number of ketones is 1. The van der Waals surface area contributed by atoms with Gasteiger partial charge in [-0.3, -0.25) is 8.98 Å². The van der Waals surface area contributed by atoms with Crippen LogP contribution in [-0.2, 0) is 27.1 Å². The average molecular weight is 330 g/mol. The Bertz CT molecular complexity index is 836. The van der Waals surface area contributed by atoms with Crippen molar-refractivity contribution in [2.75, 3.05) is 6.61 Å². The fourth-order valence-electron chi connectivity index (χ4n) is 2.68. The van der Waals surface area contributed by atoms with E-state index in [4.69, 9.17) is 4.18 Å². The Hall–Kier alpha value is -1.98. The number of Topliss-reactive ketones (excluding diaryl/α,β-unsaturated/α-hetero) is 1. The molecule has 4 nitrogen and oxygen atoms in total. The maximum Gasteiger partial charge on any atom is 0.296 e. The molecule has 0 saturated carbocycles. The van der Waals surface area contributed by atoms with Crippen LogP contribution in [0.4, 0.5) is 0 Å². The molecule has 0 unspecified atom stereocenters. The Morgan fingerprint density at radius 1 is 1.04 bits per heavy atom. The van der Waals surface area contributed by atoms with Gasteiger partial charge in [-0.15, -0.1) is 0 Å². The van der Waals surface area contributed by atoms with Crippen molar-refractivity contribution in [3.8, 4) is 0 Å². The summed E-state index contributed by atoms with van der Waals surface area (Å²) in [5.41, 5.74) is 3.75. The first-order chi connectivity index (χ1) is 11.0. The van der Waals surface area contributed by atoms with Gasteiger partial charge in [-0.2, -0.15) is 8.42 Å². The van der Waals surface area contributed by atoms with Gasteiger partial charge in [-0.05, 0) is 49.1 Å². The molecule has 5 heteroatoms. The SMILES string of the molecule is Cc1ccc(S(=O)(=O)OCCc2ccc3c(c2)C(=O)CC3)cc1. The second kappa shape index (κ2) is 6.26. The summed E-state index contributed by atoms with van der Waals surface area (Å²) >= 11 is 0. The lowest BCUT2D eigenvalue weighted by molar-refractivity contribution is 0.0994. The molecule has 0 radical (unpaired) electrons. The van der Waals surface area contributed by atoms with Crippen LogP contribution in [0.15, 0.2) is 47.4 Å². The van der Waals surface area contributed by atoms with Gasteiger partial charge >= 0.3 is 0 Å². The summed E-state index contributed by atoms with van der Waals surface area (Å²) in [7, 11) is -3.74. The van der Waals surface area contributed by atoms with Crippen molar-refractivity contribution >= 4 is 15.9 Å². The minimum absolute atomic E-state index is 0.0587. The first-order valence-corrected chi connectivity index (χ1v) is 8.98. The third-order valence-electron chi connectivity index (χ3n) is 4.03. The van der Waals surface area contributed by atoms with Gasteiger partial charge in [0.1, 0.15) is 0 Å². The van der Waals surface area contributed by atoms with E-state index in [0.717, 1.165) is 28.7 Å². The molecule has 3 rings (SSSR count). The first kappa shape index (κ1) is 15.9. The highest BCUT2D eigenvalue weighted by molar-refractivity contribution is 7.86. The summed E-state index contributed by atoms with van der Waals surface area (Å²) in [5, 5.41) is 0. The molecule has 0 N–H and O–H groups in total. The van der Waals surface area contributed by atoms with Crippen LogP contribution < -0.4 is 0 Å². The Labute approximate surface area is 136 Å². The van der Waals surface area contributed by atoms with Gasteiger partial charge in [0.2, 0.25) is 0 Å². The van der Waals surface area contributed by atoms with E-state index in [0.29, 0.717) is 12.8 Å². The van der Waals surface area contributed by atoms with E-state index < -0.39 is 10.1 Å². The van der Waals surface area contributed by atoms with Crippen LogP contribution in [0, 0.1) is 6.92 Å². The topological polar surface area (TPSA) is 60.4 Å². The maximum atomic E-state index is 12.1. The van der Waals surface area contributed by atoms with Gasteiger partial charge in [0.25, 0.3) is 10.1 Å². The summed E-state index contributed by atoms with van der Waals surface area (Å²) in [6.45, 7) is 1.95. The number of carbonyl (C=O) groups is 1. The third-order valence-corrected chi connectivity index (χ3v) is 5.36. The van der Waals surface area contributed by atoms with Crippen LogP contribution in [-0.4, -0.2) is 20.8 Å². The summed E-state index contributed by atoms with van der Waals surface area (Å²) in [4.78, 5) is 11.9. The fourth-order valence-corrected chi connectivity index (χ4v) is 3.59. The van der Waals surface area contributed by atoms with Crippen molar-refractivity contribution in [2.45, 2.75) is 31.1 Å². The number of hydrogen-bond acceptors (Lipinski definition) is 4. The zero-order chi connectivity index (χ0) is 16.4. The van der Waals surface area contributed by atoms with E-state index in [1.54, 1.807) is 24.3 Å². The minimum Gasteiger partial charge on any atom is -0.294 e. The number of carbonyl (C=O) groups excluding carboxylic acids is 1. The number of rotatable bonds is 5. The van der Waals surface area contributed by atoms with Crippen molar-refractivity contribution in [2.24, 2.45) is 0 Å². The molecule has 0 aliphatic heterocycles. The molecule has 0 bridgehead atoms. The molecule has 23 heavy (non-hydrogen) atoms. The summed E-state index contributed by atoms with van der Waals surface area (Å²) in [5.74, 6) is 0.162. The molecular weight excluding hydrogens is 312 g/mol. The molecular formula is C18H18O4S. The number of fused-ring (bicyclic) bond motifs is 1. The predicted molar refractivity (Wildman–Crippen MR) is 87.1 cm³/mol. The standard InChI is InChI=1S/C18H18O4S/c1-13-2-7-16(8-3-13)23(20,21)22-11-10-14-4-5-15-6-9-18(19)17(15)12-14/h2-5,7-8,12H,6,9-11H2,1H3. The van der Waals surface area contributed by atoms with Gasteiger partial charge in [0.15, 0.2) is 5.78 Å². The minimum atomic E-state index is -3.74. The largest absolute Gasteiger partial charge is 0.296 e. The Morgan fingerprint density at radius 3 is 2.52 bits per heavy atom. The van der Waals surface area contributed by atoms with Crippen LogP contribution in [0.2, 0.25) is 0 Å². The summed E-state index contributed by atoms with van der Waals surface area (Å²) in [6.07, 6.45) is 1.81. The van der Waals surface area contributed by atoms with Crippen LogP contribution in [0.25, 0.3) is 0 Å². The van der Waals surface area contributed by atoms with E-state index in [1.165, 1.54) is 0 Å². The molecule has 0 spiro atoms. The van der Waals surface area contributed by atoms with Gasteiger partial charge in [0.05, 0.1) is 11.5 Å². The van der Waals surface area contributed by atoms with E-state index >= 15 is 0 Å². The Kier molecular flexibility index (Phi) is 4.33. The Morgan fingerprint density at radius 2 is 1.78 bits per heavy atom. The summed E-state index contributed by atoms with van der Waals surface area (Å²) < 4.78 is 29.3. The van der Waals surface area contributed by atoms with Crippen LogP contribution in [0.3, 0.4) is 0 Å². The highest BCUT2D eigenvalue weighted by Gasteiger charge is 2.19. The van der Waals surface area contributed by atoms with Crippen molar-refractivity contribution in [3.05, 3.63) is 64.7 Å². The van der Waals surface area contributed by atoms with Crippen LogP contribution >= 0.6 is 0 Å². The molecule has 0 fully saturated rings. The van der Waals surface area contributed by atoms with E-state index in [1.807, 2.05) is 25.1 Å². The van der Waals surface area contributed by atoms with Gasteiger partial charge in [-0.1, -0.05) is 29.8 Å². The van der Waals surface area contributed by atoms with Crippen molar-refractivity contribution in [1.82, 2.24) is 0 Å². The van der Waals surface area contributed by atoms with Gasteiger partial charge in [0, 0.05) is 12.0 Å². The monoisotopic (exact) mass is 330 g/mol. The molecule has 0 saturated heterocycles. The predicted octanol–water partition coefficient (Wildman–Crippen LogP) is 3.07. The van der Waals surface area contributed by atoms with Gasteiger partial charge in [-0.25, -0.2) is 0 Å². The van der Waals surface area contributed by atoms with E-state index in [-0.39, 0.29) is 17.3 Å². The smallest absolute Gasteiger partial charge is 0.294 e. The maximum absolute atomic E-state index is 12.1. The zero-order valence-corrected chi connectivity index (χ0v) is 13.7. The molecule has 0 aromatic heterocycles. The second-order valence-corrected chi connectivity index (χ2v) is 7.37. The van der Waals surface area contributed by atoms with E-state index in [2.05, 4.69) is 0 Å². The highest BCUT2D eigenvalue weighted by atomic mass is 32.2. The zero-order valence-electron chi connectivity index (χ0n) is 12.9. The molecule has 1 aliphatic carbocycles.